The topological polar surface area (TPSA) is 60.4 Å². The molecule has 0 aliphatic heterocycles. The number of ketones is 2. The number of Topliss-reactive ketones (excluding diaryl/α,β-unsaturated/α-hetero) is 2. The van der Waals surface area contributed by atoms with E-state index in [2.05, 4.69) is 20.3 Å². The minimum atomic E-state index is -0.414. The van der Waals surface area contributed by atoms with Crippen LogP contribution in [0.25, 0.3) is 0 Å². The lowest BCUT2D eigenvalue weighted by Crippen LogP contribution is -2.57. The number of hydrogen-bond acceptors (Lipinski definition) is 4. The number of ether oxygens (including phenoxy) is 1. The lowest BCUT2D eigenvalue weighted by molar-refractivity contribution is -0.159. The van der Waals surface area contributed by atoms with Crippen molar-refractivity contribution < 1.29 is 19.1 Å². The van der Waals surface area contributed by atoms with Crippen molar-refractivity contribution in [3.8, 4) is 0 Å². The van der Waals surface area contributed by atoms with Crippen molar-refractivity contribution in [2.24, 2.45) is 40.4 Å². The summed E-state index contributed by atoms with van der Waals surface area (Å²) in [5.74, 6) is 1.58. The van der Waals surface area contributed by atoms with Gasteiger partial charge in [0.2, 0.25) is 0 Å². The number of carbonyl (C=O) groups excluding carboxylic acids is 3. The molecule has 4 heteroatoms. The van der Waals surface area contributed by atoms with Gasteiger partial charge in [-0.3, -0.25) is 14.4 Å². The van der Waals surface area contributed by atoms with Gasteiger partial charge >= 0.3 is 5.97 Å². The fourth-order valence-electron chi connectivity index (χ4n) is 7.66. The average molecular weight is 374 g/mol. The van der Waals surface area contributed by atoms with Gasteiger partial charge in [-0.05, 0) is 80.0 Å². The minimum absolute atomic E-state index is 0.00798. The molecule has 1 unspecified atom stereocenters. The predicted molar refractivity (Wildman–Crippen MR) is 102 cm³/mol. The fourth-order valence-corrected chi connectivity index (χ4v) is 7.66. The summed E-state index contributed by atoms with van der Waals surface area (Å²) in [6.07, 6.45) is 10.6. The second-order valence-electron chi connectivity index (χ2n) is 10.1. The van der Waals surface area contributed by atoms with Crippen molar-refractivity contribution in [3.63, 3.8) is 0 Å². The van der Waals surface area contributed by atoms with E-state index < -0.39 is 5.97 Å². The maximum absolute atomic E-state index is 13.5. The molecule has 149 valence electrons. The molecule has 4 aliphatic carbocycles. The first-order valence-electron chi connectivity index (χ1n) is 10.8. The Labute approximate surface area is 162 Å². The zero-order chi connectivity index (χ0) is 19.4. The van der Waals surface area contributed by atoms with E-state index in [1.54, 1.807) is 0 Å². The molecule has 0 saturated heterocycles. The van der Waals surface area contributed by atoms with E-state index in [9.17, 15) is 14.4 Å². The Kier molecular flexibility index (Phi) is 4.75. The third-order valence-corrected chi connectivity index (χ3v) is 8.89. The van der Waals surface area contributed by atoms with Gasteiger partial charge in [0.1, 0.15) is 12.4 Å². The molecule has 0 bridgehead atoms. The standard InChI is InChI=1S/C23H33O4/c1-14(24)27-13-20(26)18-10-9-17-16-8-7-15-6-4-5-11-22(15,2)21(16)19(25)12-23(17,18)3/h4,15-18,21H,5-13H2,1-3H3/t15?,16-,17-,18+,21+,22-,23-/m0/s1. The van der Waals surface area contributed by atoms with Crippen LogP contribution < -0.4 is 0 Å². The summed E-state index contributed by atoms with van der Waals surface area (Å²) in [4.78, 5) is 37.3. The molecule has 0 heterocycles. The van der Waals surface area contributed by atoms with E-state index in [1.807, 2.05) is 0 Å². The van der Waals surface area contributed by atoms with Gasteiger partial charge in [-0.25, -0.2) is 0 Å². The smallest absolute Gasteiger partial charge is 0.303 e. The second kappa shape index (κ2) is 6.70. The fraction of sp³-hybridized carbons (Fsp3) is 0.826. The molecule has 0 aromatic carbocycles. The molecule has 4 nitrogen and oxygen atoms in total. The molecule has 0 N–H and O–H groups in total. The van der Waals surface area contributed by atoms with Crippen LogP contribution in [0.1, 0.15) is 72.1 Å². The van der Waals surface area contributed by atoms with Gasteiger partial charge in [0.25, 0.3) is 0 Å². The van der Waals surface area contributed by atoms with Crippen LogP contribution >= 0.6 is 0 Å². The summed E-state index contributed by atoms with van der Waals surface area (Å²) in [5, 5.41) is 0. The van der Waals surface area contributed by atoms with Crippen LogP contribution in [0.5, 0.6) is 0 Å². The SMILES string of the molecule is CC(=O)OCC(=O)[C@H]1CC[C@H]2[C@@H]3CCC4C[CH]CC[C@]4(C)[C@H]3C(=O)C[C@]12C. The highest BCUT2D eigenvalue weighted by atomic mass is 16.5. The molecule has 0 amide bonds. The van der Waals surface area contributed by atoms with E-state index in [4.69, 9.17) is 4.74 Å². The van der Waals surface area contributed by atoms with Crippen LogP contribution in [0.2, 0.25) is 0 Å². The van der Waals surface area contributed by atoms with Gasteiger partial charge < -0.3 is 4.74 Å². The zero-order valence-electron chi connectivity index (χ0n) is 17.0. The molecule has 1 radical (unpaired) electrons. The second-order valence-corrected chi connectivity index (χ2v) is 10.1. The van der Waals surface area contributed by atoms with Crippen molar-refractivity contribution in [2.75, 3.05) is 6.61 Å². The number of fused-ring (bicyclic) bond motifs is 5. The zero-order valence-corrected chi connectivity index (χ0v) is 17.0. The minimum Gasteiger partial charge on any atom is -0.458 e. The van der Waals surface area contributed by atoms with E-state index >= 15 is 0 Å². The summed E-state index contributed by atoms with van der Waals surface area (Å²) in [7, 11) is 0. The Morgan fingerprint density at radius 2 is 1.93 bits per heavy atom. The van der Waals surface area contributed by atoms with Crippen molar-refractivity contribution in [1.82, 2.24) is 0 Å². The third-order valence-electron chi connectivity index (χ3n) is 8.89. The lowest BCUT2D eigenvalue weighted by atomic mass is 9.44. The van der Waals surface area contributed by atoms with E-state index in [0.717, 1.165) is 32.1 Å². The molecular weight excluding hydrogens is 340 g/mol. The van der Waals surface area contributed by atoms with Gasteiger partial charge in [0, 0.05) is 25.2 Å². The summed E-state index contributed by atoms with van der Waals surface area (Å²) in [5.41, 5.74) is -0.102. The Bertz CT molecular complexity index is 655. The van der Waals surface area contributed by atoms with Gasteiger partial charge in [0.15, 0.2) is 5.78 Å². The molecule has 0 aromatic heterocycles. The summed E-state index contributed by atoms with van der Waals surface area (Å²) >= 11 is 0. The van der Waals surface area contributed by atoms with Crippen LogP contribution in [-0.4, -0.2) is 24.1 Å². The highest BCUT2D eigenvalue weighted by Crippen LogP contribution is 2.66. The molecule has 4 fully saturated rings. The summed E-state index contributed by atoms with van der Waals surface area (Å²) < 4.78 is 4.98. The summed E-state index contributed by atoms with van der Waals surface area (Å²) in [6.45, 7) is 5.74. The van der Waals surface area contributed by atoms with Crippen LogP contribution in [-0.2, 0) is 19.1 Å². The maximum Gasteiger partial charge on any atom is 0.303 e. The normalized spacial score (nSPS) is 46.2. The highest BCUT2D eigenvalue weighted by molar-refractivity contribution is 5.89. The maximum atomic E-state index is 13.5. The molecule has 0 spiro atoms. The van der Waals surface area contributed by atoms with Gasteiger partial charge in [0.05, 0.1) is 0 Å². The van der Waals surface area contributed by atoms with Gasteiger partial charge in [-0.2, -0.15) is 0 Å². The van der Waals surface area contributed by atoms with Crippen LogP contribution in [0.3, 0.4) is 0 Å². The summed E-state index contributed by atoms with van der Waals surface area (Å²) in [6, 6.07) is 0. The van der Waals surface area contributed by atoms with Crippen LogP contribution in [0.4, 0.5) is 0 Å². The number of rotatable bonds is 3. The molecule has 4 saturated carbocycles. The van der Waals surface area contributed by atoms with Crippen molar-refractivity contribution in [1.29, 1.82) is 0 Å². The van der Waals surface area contributed by atoms with Gasteiger partial charge in [-0.1, -0.05) is 13.8 Å². The van der Waals surface area contributed by atoms with Crippen molar-refractivity contribution >= 4 is 17.5 Å². The van der Waals surface area contributed by atoms with E-state index in [-0.39, 0.29) is 35.1 Å². The van der Waals surface area contributed by atoms with E-state index in [0.29, 0.717) is 30.0 Å². The van der Waals surface area contributed by atoms with Crippen LogP contribution in [0, 0.1) is 46.8 Å². The number of esters is 1. The monoisotopic (exact) mass is 373 g/mol. The van der Waals surface area contributed by atoms with Crippen molar-refractivity contribution in [2.45, 2.75) is 72.1 Å². The first-order valence-corrected chi connectivity index (χ1v) is 10.8. The van der Waals surface area contributed by atoms with Crippen molar-refractivity contribution in [3.05, 3.63) is 6.42 Å². The number of hydrogen-bond donors (Lipinski definition) is 0. The first kappa shape index (κ1) is 19.1. The quantitative estimate of drug-likeness (QED) is 0.697. The Hall–Kier alpha value is -1.19. The molecule has 4 rings (SSSR count). The molecule has 4 aliphatic rings. The number of carbonyl (C=O) groups is 3. The Morgan fingerprint density at radius 3 is 2.67 bits per heavy atom. The third kappa shape index (κ3) is 2.89. The molecule has 7 atom stereocenters. The van der Waals surface area contributed by atoms with Crippen LogP contribution in [0.15, 0.2) is 0 Å². The Morgan fingerprint density at radius 1 is 1.15 bits per heavy atom. The Balaban J connectivity index is 1.59. The largest absolute Gasteiger partial charge is 0.458 e. The predicted octanol–water partition coefficient (Wildman–Crippen LogP) is 4.16. The molecule has 27 heavy (non-hydrogen) atoms. The van der Waals surface area contributed by atoms with Gasteiger partial charge in [-0.15, -0.1) is 0 Å². The van der Waals surface area contributed by atoms with E-state index in [1.165, 1.54) is 19.8 Å². The highest BCUT2D eigenvalue weighted by Gasteiger charge is 2.63. The lowest BCUT2D eigenvalue weighted by Gasteiger charge is -2.59. The molecular formula is C23H33O4. The average Bonchev–Trinajstić information content (AvgIpc) is 2.95. The first-order chi connectivity index (χ1) is 12.8. The molecule has 0 aromatic rings.